The highest BCUT2D eigenvalue weighted by molar-refractivity contribution is 9.11. The lowest BCUT2D eigenvalue weighted by atomic mass is 10.2. The minimum atomic E-state index is -0.467. The first kappa shape index (κ1) is 16.9. The van der Waals surface area contributed by atoms with Crippen LogP contribution in [-0.2, 0) is 6.54 Å². The Morgan fingerprint density at radius 3 is 2.10 bits per heavy atom. The SMILES string of the molecule is COc1c(Br)cc(CNc2c(Cl)cc(F)cc2Cl)cc1Br. The third-order valence-electron chi connectivity index (χ3n) is 2.74. The Kier molecular flexibility index (Phi) is 5.77. The Hall–Kier alpha value is -0.490. The summed E-state index contributed by atoms with van der Waals surface area (Å²) in [5.41, 5.74) is 1.48. The molecule has 0 unspecified atom stereocenters. The molecule has 0 heterocycles. The molecule has 21 heavy (non-hydrogen) atoms. The van der Waals surface area contributed by atoms with Gasteiger partial charge in [-0.25, -0.2) is 4.39 Å². The molecule has 1 N–H and O–H groups in total. The van der Waals surface area contributed by atoms with Crippen molar-refractivity contribution in [3.63, 3.8) is 0 Å². The number of ether oxygens (including phenoxy) is 1. The zero-order valence-corrected chi connectivity index (χ0v) is 15.5. The number of benzene rings is 2. The van der Waals surface area contributed by atoms with Crippen LogP contribution < -0.4 is 10.1 Å². The smallest absolute Gasteiger partial charge is 0.147 e. The maximum absolute atomic E-state index is 13.1. The molecule has 0 saturated carbocycles. The summed E-state index contributed by atoms with van der Waals surface area (Å²) >= 11 is 18.8. The highest BCUT2D eigenvalue weighted by atomic mass is 79.9. The fourth-order valence-corrected chi connectivity index (χ4v) is 4.01. The summed E-state index contributed by atoms with van der Waals surface area (Å²) in [5.74, 6) is 0.252. The van der Waals surface area contributed by atoms with E-state index in [2.05, 4.69) is 37.2 Å². The highest BCUT2D eigenvalue weighted by Crippen LogP contribution is 2.35. The molecule has 2 nitrogen and oxygen atoms in total. The van der Waals surface area contributed by atoms with E-state index < -0.39 is 5.82 Å². The summed E-state index contributed by atoms with van der Waals surface area (Å²) in [5, 5.41) is 3.59. The first-order valence-corrected chi connectivity index (χ1v) is 8.17. The molecule has 2 aromatic carbocycles. The van der Waals surface area contributed by atoms with Gasteiger partial charge in [-0.2, -0.15) is 0 Å². The van der Waals surface area contributed by atoms with Crippen LogP contribution in [0, 0.1) is 5.82 Å². The van der Waals surface area contributed by atoms with E-state index in [-0.39, 0.29) is 10.0 Å². The van der Waals surface area contributed by atoms with Crippen molar-refractivity contribution >= 4 is 60.7 Å². The van der Waals surface area contributed by atoms with Crippen molar-refractivity contribution in [1.82, 2.24) is 0 Å². The van der Waals surface area contributed by atoms with E-state index in [1.54, 1.807) is 7.11 Å². The molecule has 0 aliphatic heterocycles. The molecule has 0 saturated heterocycles. The molecule has 0 aliphatic carbocycles. The lowest BCUT2D eigenvalue weighted by Crippen LogP contribution is -2.02. The number of hydrogen-bond donors (Lipinski definition) is 1. The average Bonchev–Trinajstić information content (AvgIpc) is 2.37. The molecule has 112 valence electrons. The van der Waals surface area contributed by atoms with E-state index in [4.69, 9.17) is 27.9 Å². The summed E-state index contributed by atoms with van der Waals surface area (Å²) in [6.07, 6.45) is 0. The van der Waals surface area contributed by atoms with Gasteiger partial charge in [0.05, 0.1) is 31.8 Å². The maximum atomic E-state index is 13.1. The topological polar surface area (TPSA) is 21.3 Å². The Morgan fingerprint density at radius 1 is 1.10 bits per heavy atom. The lowest BCUT2D eigenvalue weighted by molar-refractivity contribution is 0.409. The van der Waals surface area contributed by atoms with E-state index in [0.717, 1.165) is 20.3 Å². The minimum absolute atomic E-state index is 0.242. The predicted molar refractivity (Wildman–Crippen MR) is 92.1 cm³/mol. The van der Waals surface area contributed by atoms with Gasteiger partial charge in [0.25, 0.3) is 0 Å². The van der Waals surface area contributed by atoms with Crippen molar-refractivity contribution in [3.05, 3.63) is 54.6 Å². The van der Waals surface area contributed by atoms with Crippen LogP contribution in [0.2, 0.25) is 10.0 Å². The fraction of sp³-hybridized carbons (Fsp3) is 0.143. The Bertz CT molecular complexity index is 636. The van der Waals surface area contributed by atoms with Crippen LogP contribution in [0.15, 0.2) is 33.2 Å². The van der Waals surface area contributed by atoms with Crippen LogP contribution >= 0.6 is 55.1 Å². The second kappa shape index (κ2) is 7.18. The summed E-state index contributed by atoms with van der Waals surface area (Å²) in [6, 6.07) is 6.27. The third-order valence-corrected chi connectivity index (χ3v) is 4.51. The number of halogens is 5. The van der Waals surface area contributed by atoms with Gasteiger partial charge < -0.3 is 10.1 Å². The number of hydrogen-bond acceptors (Lipinski definition) is 2. The number of rotatable bonds is 4. The molecule has 0 bridgehead atoms. The van der Waals surface area contributed by atoms with Crippen molar-refractivity contribution in [2.45, 2.75) is 6.54 Å². The van der Waals surface area contributed by atoms with Gasteiger partial charge in [-0.1, -0.05) is 23.2 Å². The van der Waals surface area contributed by atoms with Gasteiger partial charge in [0.2, 0.25) is 0 Å². The number of nitrogens with one attached hydrogen (secondary N) is 1. The maximum Gasteiger partial charge on any atom is 0.147 e. The minimum Gasteiger partial charge on any atom is -0.494 e. The fourth-order valence-electron chi connectivity index (χ4n) is 1.81. The van der Waals surface area contributed by atoms with Crippen molar-refractivity contribution in [2.24, 2.45) is 0 Å². The molecule has 0 radical (unpaired) electrons. The van der Waals surface area contributed by atoms with Crippen molar-refractivity contribution in [3.8, 4) is 5.75 Å². The molecular formula is C14H10Br2Cl2FNO. The van der Waals surface area contributed by atoms with Gasteiger partial charge in [0.1, 0.15) is 11.6 Å². The Labute approximate surface area is 148 Å². The molecule has 2 aromatic rings. The van der Waals surface area contributed by atoms with Gasteiger partial charge in [0.15, 0.2) is 0 Å². The van der Waals surface area contributed by atoms with E-state index in [1.165, 1.54) is 12.1 Å². The molecule has 0 aromatic heterocycles. The van der Waals surface area contributed by atoms with Gasteiger partial charge in [-0.3, -0.25) is 0 Å². The molecule has 7 heteroatoms. The predicted octanol–water partition coefficient (Wildman–Crippen LogP) is 6.28. The van der Waals surface area contributed by atoms with Crippen LogP contribution in [0.1, 0.15) is 5.56 Å². The molecule has 2 rings (SSSR count). The second-order valence-corrected chi connectivity index (χ2v) is 6.71. The van der Waals surface area contributed by atoms with Crippen LogP contribution in [0.5, 0.6) is 5.75 Å². The van der Waals surface area contributed by atoms with Crippen LogP contribution in [0.4, 0.5) is 10.1 Å². The third kappa shape index (κ3) is 4.03. The van der Waals surface area contributed by atoms with E-state index in [0.29, 0.717) is 12.2 Å². The molecule has 0 spiro atoms. The van der Waals surface area contributed by atoms with Gasteiger partial charge >= 0.3 is 0 Å². The molecule has 0 aliphatic rings. The first-order chi connectivity index (χ1) is 9.92. The quantitative estimate of drug-likeness (QED) is 0.583. The van der Waals surface area contributed by atoms with Gasteiger partial charge in [-0.15, -0.1) is 0 Å². The Morgan fingerprint density at radius 2 is 1.62 bits per heavy atom. The highest BCUT2D eigenvalue weighted by Gasteiger charge is 2.11. The summed E-state index contributed by atoms with van der Waals surface area (Å²) in [6.45, 7) is 0.478. The largest absolute Gasteiger partial charge is 0.494 e. The number of anilines is 1. The van der Waals surface area contributed by atoms with Gasteiger partial charge in [-0.05, 0) is 61.7 Å². The summed E-state index contributed by atoms with van der Waals surface area (Å²) in [4.78, 5) is 0. The average molecular weight is 458 g/mol. The molecule has 0 fully saturated rings. The van der Waals surface area contributed by atoms with Crippen LogP contribution in [-0.4, -0.2) is 7.11 Å². The standard InChI is InChI=1S/C14H10Br2Cl2FNO/c1-21-14-9(15)2-7(3-10(14)16)6-20-13-11(17)4-8(19)5-12(13)18/h2-5,20H,6H2,1H3. The monoisotopic (exact) mass is 455 g/mol. The second-order valence-electron chi connectivity index (χ2n) is 4.19. The normalized spacial score (nSPS) is 10.6. The molecule has 0 atom stereocenters. The van der Waals surface area contributed by atoms with E-state index in [1.807, 2.05) is 12.1 Å². The van der Waals surface area contributed by atoms with E-state index >= 15 is 0 Å². The zero-order valence-electron chi connectivity index (χ0n) is 10.8. The summed E-state index contributed by atoms with van der Waals surface area (Å²) < 4.78 is 20.0. The lowest BCUT2D eigenvalue weighted by Gasteiger charge is -2.13. The zero-order chi connectivity index (χ0) is 15.6. The summed E-state index contributed by atoms with van der Waals surface area (Å²) in [7, 11) is 1.60. The van der Waals surface area contributed by atoms with E-state index in [9.17, 15) is 4.39 Å². The van der Waals surface area contributed by atoms with Crippen LogP contribution in [0.25, 0.3) is 0 Å². The van der Waals surface area contributed by atoms with Crippen molar-refractivity contribution in [2.75, 3.05) is 12.4 Å². The van der Waals surface area contributed by atoms with Gasteiger partial charge in [0, 0.05) is 6.54 Å². The van der Waals surface area contributed by atoms with Crippen molar-refractivity contribution < 1.29 is 9.13 Å². The van der Waals surface area contributed by atoms with Crippen molar-refractivity contribution in [1.29, 1.82) is 0 Å². The Balaban J connectivity index is 2.21. The molecule has 0 amide bonds. The van der Waals surface area contributed by atoms with Crippen LogP contribution in [0.3, 0.4) is 0 Å². The first-order valence-electron chi connectivity index (χ1n) is 5.82. The molecular weight excluding hydrogens is 448 g/mol. The number of methoxy groups -OCH3 is 1.